The molecule has 0 saturated heterocycles. The average Bonchev–Trinajstić information content (AvgIpc) is 3.47. The number of carbonyl (C=O) groups excluding carboxylic acids is 2. The van der Waals surface area contributed by atoms with Gasteiger partial charge in [0.15, 0.2) is 0 Å². The molecule has 2 aliphatic carbocycles. The lowest BCUT2D eigenvalue weighted by atomic mass is 9.78. The molecule has 8 heteroatoms. The Morgan fingerprint density at radius 1 is 1.20 bits per heavy atom. The number of nitrogens with zero attached hydrogens (tertiary/aromatic N) is 2. The maximum atomic E-state index is 12.4. The SMILES string of the molecule is Cn1cc(C(=O)NCC2CCC([C@@H](NC(=O)C3CC3)c3nccs3)CC2)ccc1=O. The van der Waals surface area contributed by atoms with E-state index in [1.165, 1.54) is 10.6 Å². The van der Waals surface area contributed by atoms with E-state index < -0.39 is 0 Å². The van der Waals surface area contributed by atoms with Gasteiger partial charge >= 0.3 is 0 Å². The molecule has 2 saturated carbocycles. The number of aryl methyl sites for hydroxylation is 1. The van der Waals surface area contributed by atoms with Gasteiger partial charge in [-0.1, -0.05) is 0 Å². The van der Waals surface area contributed by atoms with Crippen molar-refractivity contribution in [3.63, 3.8) is 0 Å². The summed E-state index contributed by atoms with van der Waals surface area (Å²) in [4.78, 5) is 40.7. The van der Waals surface area contributed by atoms with Gasteiger partial charge < -0.3 is 15.2 Å². The summed E-state index contributed by atoms with van der Waals surface area (Å²) in [5.41, 5.74) is 0.367. The molecular formula is C22H28N4O3S. The Kier molecular flexibility index (Phi) is 6.32. The number of carbonyl (C=O) groups is 2. The number of pyridine rings is 1. The van der Waals surface area contributed by atoms with Crippen LogP contribution in [0.1, 0.15) is 59.9 Å². The van der Waals surface area contributed by atoms with E-state index in [1.54, 1.807) is 36.8 Å². The maximum absolute atomic E-state index is 12.4. The molecule has 0 aliphatic heterocycles. The highest BCUT2D eigenvalue weighted by molar-refractivity contribution is 7.09. The fourth-order valence-corrected chi connectivity index (χ4v) is 4.96. The van der Waals surface area contributed by atoms with Gasteiger partial charge in [0, 0.05) is 43.4 Å². The van der Waals surface area contributed by atoms with Gasteiger partial charge in [0.1, 0.15) is 5.01 Å². The summed E-state index contributed by atoms with van der Waals surface area (Å²) < 4.78 is 1.41. The van der Waals surface area contributed by atoms with Crippen molar-refractivity contribution >= 4 is 23.2 Å². The standard InChI is InChI=1S/C22H28N4O3S/c1-26-13-17(8-9-18(26)27)20(28)24-12-14-2-4-15(5-3-14)19(22-23-10-11-30-22)25-21(29)16-6-7-16/h8-11,13-16,19H,2-7,12H2,1H3,(H,24,28)(H,25,29)/t14?,15?,19-/m1/s1. The minimum Gasteiger partial charge on any atom is -0.352 e. The van der Waals surface area contributed by atoms with Gasteiger partial charge in [0.05, 0.1) is 11.6 Å². The van der Waals surface area contributed by atoms with E-state index in [0.717, 1.165) is 43.5 Å². The van der Waals surface area contributed by atoms with Crippen LogP contribution in [0.2, 0.25) is 0 Å². The minimum atomic E-state index is -0.148. The zero-order chi connectivity index (χ0) is 21.1. The number of hydrogen-bond acceptors (Lipinski definition) is 5. The lowest BCUT2D eigenvalue weighted by Crippen LogP contribution is -2.37. The molecule has 4 rings (SSSR count). The van der Waals surface area contributed by atoms with E-state index in [0.29, 0.717) is 23.9 Å². The topological polar surface area (TPSA) is 93.1 Å². The molecule has 160 valence electrons. The highest BCUT2D eigenvalue weighted by atomic mass is 32.1. The van der Waals surface area contributed by atoms with E-state index in [9.17, 15) is 14.4 Å². The molecule has 2 heterocycles. The first-order valence-electron chi connectivity index (χ1n) is 10.7. The Bertz CT molecular complexity index is 944. The van der Waals surface area contributed by atoms with Gasteiger partial charge in [-0.3, -0.25) is 14.4 Å². The summed E-state index contributed by atoms with van der Waals surface area (Å²) in [7, 11) is 1.64. The van der Waals surface area contributed by atoms with Crippen molar-refractivity contribution in [2.45, 2.75) is 44.6 Å². The quantitative estimate of drug-likeness (QED) is 0.709. The third kappa shape index (κ3) is 4.98. The largest absolute Gasteiger partial charge is 0.352 e. The number of amides is 2. The van der Waals surface area contributed by atoms with Crippen LogP contribution in [-0.2, 0) is 11.8 Å². The second-order valence-corrected chi connectivity index (χ2v) is 9.41. The van der Waals surface area contributed by atoms with Gasteiger partial charge in [-0.05, 0) is 56.4 Å². The van der Waals surface area contributed by atoms with Crippen LogP contribution in [0.5, 0.6) is 0 Å². The molecule has 2 aromatic rings. The van der Waals surface area contributed by atoms with Crippen LogP contribution in [0.3, 0.4) is 0 Å². The van der Waals surface area contributed by atoms with Gasteiger partial charge in [-0.15, -0.1) is 11.3 Å². The molecule has 0 unspecified atom stereocenters. The predicted octanol–water partition coefficient (Wildman–Crippen LogP) is 2.65. The molecule has 0 spiro atoms. The van der Waals surface area contributed by atoms with E-state index in [4.69, 9.17) is 0 Å². The van der Waals surface area contributed by atoms with E-state index >= 15 is 0 Å². The van der Waals surface area contributed by atoms with E-state index in [1.807, 2.05) is 5.38 Å². The molecule has 2 amide bonds. The van der Waals surface area contributed by atoms with Crippen LogP contribution in [-0.4, -0.2) is 27.9 Å². The highest BCUT2D eigenvalue weighted by Gasteiger charge is 2.35. The monoisotopic (exact) mass is 428 g/mol. The van der Waals surface area contributed by atoms with Crippen molar-refractivity contribution in [3.05, 3.63) is 50.8 Å². The van der Waals surface area contributed by atoms with E-state index in [-0.39, 0.29) is 29.3 Å². The van der Waals surface area contributed by atoms with Gasteiger partial charge in [0.25, 0.3) is 5.91 Å². The zero-order valence-corrected chi connectivity index (χ0v) is 18.0. The summed E-state index contributed by atoms with van der Waals surface area (Å²) >= 11 is 1.61. The first kappa shape index (κ1) is 20.8. The van der Waals surface area contributed by atoms with Crippen LogP contribution in [0.15, 0.2) is 34.7 Å². The van der Waals surface area contributed by atoms with Crippen molar-refractivity contribution in [1.82, 2.24) is 20.2 Å². The first-order chi connectivity index (χ1) is 14.5. The molecule has 2 fully saturated rings. The Morgan fingerprint density at radius 2 is 1.97 bits per heavy atom. The second-order valence-electron chi connectivity index (χ2n) is 8.49. The van der Waals surface area contributed by atoms with Crippen LogP contribution < -0.4 is 16.2 Å². The van der Waals surface area contributed by atoms with Crippen molar-refractivity contribution in [3.8, 4) is 0 Å². The molecule has 2 aromatic heterocycles. The highest BCUT2D eigenvalue weighted by Crippen LogP contribution is 2.38. The molecule has 2 aliphatic rings. The summed E-state index contributed by atoms with van der Waals surface area (Å²) in [5, 5.41) is 9.23. The number of hydrogen-bond donors (Lipinski definition) is 2. The second kappa shape index (κ2) is 9.12. The lowest BCUT2D eigenvalue weighted by Gasteiger charge is -2.33. The summed E-state index contributed by atoms with van der Waals surface area (Å²) in [6, 6.07) is 2.98. The maximum Gasteiger partial charge on any atom is 0.252 e. The van der Waals surface area contributed by atoms with Gasteiger partial charge in [0.2, 0.25) is 11.5 Å². The number of thiazole rings is 1. The van der Waals surface area contributed by atoms with Crippen molar-refractivity contribution < 1.29 is 9.59 Å². The third-order valence-corrected chi connectivity index (χ3v) is 7.08. The summed E-state index contributed by atoms with van der Waals surface area (Å²) in [6.07, 6.45) is 9.41. The molecule has 2 N–H and O–H groups in total. The molecule has 30 heavy (non-hydrogen) atoms. The Hall–Kier alpha value is -2.48. The van der Waals surface area contributed by atoms with Crippen LogP contribution in [0.4, 0.5) is 0 Å². The van der Waals surface area contributed by atoms with Crippen LogP contribution >= 0.6 is 11.3 Å². The Balaban J connectivity index is 1.29. The van der Waals surface area contributed by atoms with Gasteiger partial charge in [-0.2, -0.15) is 0 Å². The molecule has 1 atom stereocenters. The number of aromatic nitrogens is 2. The van der Waals surface area contributed by atoms with Crippen molar-refractivity contribution in [2.24, 2.45) is 24.8 Å². The molecule has 0 radical (unpaired) electrons. The number of rotatable bonds is 7. The minimum absolute atomic E-state index is 0.000697. The first-order valence-corrected chi connectivity index (χ1v) is 11.5. The fourth-order valence-electron chi connectivity index (χ4n) is 4.18. The number of nitrogens with one attached hydrogen (secondary N) is 2. The van der Waals surface area contributed by atoms with Gasteiger partial charge in [-0.25, -0.2) is 4.98 Å². The normalized spacial score (nSPS) is 22.3. The lowest BCUT2D eigenvalue weighted by molar-refractivity contribution is -0.123. The molecule has 0 bridgehead atoms. The third-order valence-electron chi connectivity index (χ3n) is 6.23. The Labute approximate surface area is 179 Å². The zero-order valence-electron chi connectivity index (χ0n) is 17.2. The summed E-state index contributed by atoms with van der Waals surface area (Å²) in [5.74, 6) is 1.02. The fraction of sp³-hybridized carbons (Fsp3) is 0.545. The predicted molar refractivity (Wildman–Crippen MR) is 115 cm³/mol. The smallest absolute Gasteiger partial charge is 0.252 e. The van der Waals surface area contributed by atoms with Crippen LogP contribution in [0.25, 0.3) is 0 Å². The van der Waals surface area contributed by atoms with Crippen molar-refractivity contribution in [2.75, 3.05) is 6.54 Å². The van der Waals surface area contributed by atoms with E-state index in [2.05, 4.69) is 15.6 Å². The van der Waals surface area contributed by atoms with Crippen molar-refractivity contribution in [1.29, 1.82) is 0 Å². The molecular weight excluding hydrogens is 400 g/mol. The molecule has 7 nitrogen and oxygen atoms in total. The molecule has 0 aromatic carbocycles. The van der Waals surface area contributed by atoms with Crippen LogP contribution in [0, 0.1) is 17.8 Å². The average molecular weight is 429 g/mol. The summed E-state index contributed by atoms with van der Waals surface area (Å²) in [6.45, 7) is 0.630. The Morgan fingerprint density at radius 3 is 2.60 bits per heavy atom.